The monoisotopic (exact) mass is 532 g/mol. The Labute approximate surface area is 224 Å². The fourth-order valence-corrected chi connectivity index (χ4v) is 4.84. The first-order valence-electron chi connectivity index (χ1n) is 12.3. The molecular weight excluding hydrogens is 502 g/mol. The van der Waals surface area contributed by atoms with Gasteiger partial charge in [-0.25, -0.2) is 9.59 Å². The highest BCUT2D eigenvalue weighted by molar-refractivity contribution is 6.02. The van der Waals surface area contributed by atoms with E-state index in [0.29, 0.717) is 31.6 Å². The lowest BCUT2D eigenvalue weighted by molar-refractivity contribution is -0.873. The van der Waals surface area contributed by atoms with Crippen molar-refractivity contribution in [2.24, 2.45) is 0 Å². The second-order valence-corrected chi connectivity index (χ2v) is 10.5. The number of esters is 1. The summed E-state index contributed by atoms with van der Waals surface area (Å²) < 4.78 is 5.93. The van der Waals surface area contributed by atoms with Crippen LogP contribution in [-0.2, 0) is 16.0 Å². The minimum absolute atomic E-state index is 0.0850. The summed E-state index contributed by atoms with van der Waals surface area (Å²) in [5, 5.41) is 43.7. The summed E-state index contributed by atoms with van der Waals surface area (Å²) in [5.74, 6) is -4.12. The van der Waals surface area contributed by atoms with Crippen LogP contribution in [0.5, 0.6) is 11.5 Å². The minimum atomic E-state index is -1.30. The number of nitrogens with zero attached hydrogens (tertiary/aromatic N) is 1. The Kier molecular flexibility index (Phi) is 7.47. The largest absolute Gasteiger partial charge is 0.507 e. The van der Waals surface area contributed by atoms with E-state index in [2.05, 4.69) is 0 Å². The smallest absolute Gasteiger partial charge is 0.342 e. The van der Waals surface area contributed by atoms with Gasteiger partial charge in [-0.2, -0.15) is 0 Å². The van der Waals surface area contributed by atoms with Gasteiger partial charge in [-0.3, -0.25) is 4.79 Å². The van der Waals surface area contributed by atoms with Crippen molar-refractivity contribution in [3.8, 4) is 11.5 Å². The Morgan fingerprint density at radius 3 is 1.77 bits per heavy atom. The molecule has 9 heteroatoms. The molecule has 4 aromatic carbocycles. The van der Waals surface area contributed by atoms with Crippen molar-refractivity contribution in [1.82, 2.24) is 0 Å². The Morgan fingerprint density at radius 2 is 1.28 bits per heavy atom. The van der Waals surface area contributed by atoms with Gasteiger partial charge in [-0.15, -0.1) is 0 Å². The molecule has 4 aromatic rings. The molecule has 0 radical (unpaired) electrons. The number of rotatable bonds is 9. The summed E-state index contributed by atoms with van der Waals surface area (Å²) in [4.78, 5) is 36.6. The molecule has 9 nitrogen and oxygen atoms in total. The predicted octanol–water partition coefficient (Wildman–Crippen LogP) is 4.40. The van der Waals surface area contributed by atoms with Crippen LogP contribution >= 0.6 is 0 Å². The van der Waals surface area contributed by atoms with E-state index in [1.807, 2.05) is 21.1 Å². The fraction of sp³-hybridized carbons (Fsp3) is 0.233. The first kappa shape index (κ1) is 27.4. The summed E-state index contributed by atoms with van der Waals surface area (Å²) in [6.07, 6.45) is -1.42. The number of benzene rings is 4. The van der Waals surface area contributed by atoms with Crippen LogP contribution in [0.25, 0.3) is 21.5 Å². The number of hydrogen-bond donors (Lipinski definition) is 4. The lowest BCUT2D eigenvalue weighted by atomic mass is 9.90. The number of ether oxygens (including phenoxy) is 1. The van der Waals surface area contributed by atoms with Gasteiger partial charge in [-0.05, 0) is 33.7 Å². The van der Waals surface area contributed by atoms with E-state index >= 15 is 0 Å². The molecule has 0 bridgehead atoms. The molecule has 39 heavy (non-hydrogen) atoms. The molecule has 0 fully saturated rings. The number of hydrogen-bond acceptors (Lipinski definition) is 6. The van der Waals surface area contributed by atoms with Crippen molar-refractivity contribution in [1.29, 1.82) is 0 Å². The number of phenols is 2. The molecule has 0 aliphatic rings. The normalized spacial score (nSPS) is 12.4. The van der Waals surface area contributed by atoms with Gasteiger partial charge in [-0.1, -0.05) is 48.5 Å². The van der Waals surface area contributed by atoms with Gasteiger partial charge >= 0.3 is 17.9 Å². The van der Waals surface area contributed by atoms with E-state index in [-0.39, 0.29) is 35.4 Å². The standard InChI is InChI=1S/C30H29NO8/c1-31(2,3)16-19(14-26(32)33)39-30(38)25-13-18-9-5-7-11-21(18)23(28(25)35)15-22-20-10-6-4-8-17(20)12-24(27(22)34)29(36)37/h4-13,19H,14-16H2,1-3H3,(H3-,32,33,34,35,36,37,38)/p+1. The highest BCUT2D eigenvalue weighted by atomic mass is 16.5. The molecule has 0 saturated heterocycles. The number of aliphatic carboxylic acids is 1. The summed E-state index contributed by atoms with van der Waals surface area (Å²) >= 11 is 0. The van der Waals surface area contributed by atoms with Crippen LogP contribution in [0.1, 0.15) is 38.3 Å². The van der Waals surface area contributed by atoms with E-state index < -0.39 is 36.2 Å². The van der Waals surface area contributed by atoms with Gasteiger partial charge in [0.15, 0.2) is 6.10 Å². The van der Waals surface area contributed by atoms with Gasteiger partial charge in [0.1, 0.15) is 29.2 Å². The molecule has 1 unspecified atom stereocenters. The molecule has 0 spiro atoms. The van der Waals surface area contributed by atoms with Crippen molar-refractivity contribution < 1.29 is 44.0 Å². The highest BCUT2D eigenvalue weighted by Gasteiger charge is 2.28. The van der Waals surface area contributed by atoms with Crippen LogP contribution in [-0.4, -0.2) is 76.6 Å². The third kappa shape index (κ3) is 5.94. The Balaban J connectivity index is 1.85. The van der Waals surface area contributed by atoms with Crippen LogP contribution in [0, 0.1) is 0 Å². The molecule has 0 aliphatic carbocycles. The third-order valence-electron chi connectivity index (χ3n) is 6.48. The molecule has 0 aromatic heterocycles. The number of aromatic hydroxyl groups is 2. The van der Waals surface area contributed by atoms with Crippen LogP contribution in [0.4, 0.5) is 0 Å². The number of quaternary nitrogens is 1. The molecule has 0 heterocycles. The Hall–Kier alpha value is -4.63. The predicted molar refractivity (Wildman–Crippen MR) is 145 cm³/mol. The van der Waals surface area contributed by atoms with Gasteiger partial charge in [0, 0.05) is 17.5 Å². The lowest BCUT2D eigenvalue weighted by Crippen LogP contribution is -2.43. The van der Waals surface area contributed by atoms with E-state index in [9.17, 15) is 34.8 Å². The second kappa shape index (κ2) is 10.6. The van der Waals surface area contributed by atoms with Crippen molar-refractivity contribution >= 4 is 39.5 Å². The zero-order valence-corrected chi connectivity index (χ0v) is 21.8. The second-order valence-electron chi connectivity index (χ2n) is 10.5. The molecule has 4 N–H and O–H groups in total. The van der Waals surface area contributed by atoms with Crippen LogP contribution in [0.2, 0.25) is 0 Å². The highest BCUT2D eigenvalue weighted by Crippen LogP contribution is 2.39. The van der Waals surface area contributed by atoms with Crippen LogP contribution < -0.4 is 0 Å². The maximum absolute atomic E-state index is 13.3. The average molecular weight is 533 g/mol. The van der Waals surface area contributed by atoms with E-state index in [4.69, 9.17) is 4.74 Å². The van der Waals surface area contributed by atoms with Gasteiger partial charge in [0.2, 0.25) is 0 Å². The number of phenolic OH excluding ortho intramolecular Hbond substituents is 1. The zero-order chi connectivity index (χ0) is 28.5. The number of fused-ring (bicyclic) bond motifs is 2. The van der Waals surface area contributed by atoms with E-state index in [1.165, 1.54) is 12.1 Å². The molecule has 1 atom stereocenters. The van der Waals surface area contributed by atoms with Crippen LogP contribution in [0.3, 0.4) is 0 Å². The van der Waals surface area contributed by atoms with Crippen LogP contribution in [0.15, 0.2) is 60.7 Å². The third-order valence-corrected chi connectivity index (χ3v) is 6.48. The van der Waals surface area contributed by atoms with E-state index in [0.717, 1.165) is 0 Å². The maximum Gasteiger partial charge on any atom is 0.342 e. The molecule has 0 saturated carbocycles. The summed E-state index contributed by atoms with van der Waals surface area (Å²) in [6.45, 7) is 0.237. The summed E-state index contributed by atoms with van der Waals surface area (Å²) in [5.41, 5.74) is 0.147. The molecule has 0 aliphatic heterocycles. The number of carbonyl (C=O) groups excluding carboxylic acids is 1. The number of carbonyl (C=O) groups is 3. The molecular formula is C30H30NO8+. The first-order valence-corrected chi connectivity index (χ1v) is 12.3. The van der Waals surface area contributed by atoms with Crippen molar-refractivity contribution in [3.05, 3.63) is 82.9 Å². The topological polar surface area (TPSA) is 141 Å². The number of likely N-dealkylation sites (N-methyl/N-ethyl adjacent to an activating group) is 1. The zero-order valence-electron chi connectivity index (χ0n) is 21.8. The average Bonchev–Trinajstić information content (AvgIpc) is 2.84. The summed E-state index contributed by atoms with van der Waals surface area (Å²) in [6, 6.07) is 16.9. The minimum Gasteiger partial charge on any atom is -0.507 e. The summed E-state index contributed by atoms with van der Waals surface area (Å²) in [7, 11) is 5.53. The SMILES string of the molecule is C[N+](C)(C)CC(CC(=O)O)OC(=O)c1cc2ccccc2c(Cc2c(O)c(C(=O)O)cc3ccccc23)c1O. The number of aromatic carboxylic acids is 1. The van der Waals surface area contributed by atoms with Crippen molar-refractivity contribution in [2.75, 3.05) is 27.7 Å². The van der Waals surface area contributed by atoms with Gasteiger partial charge in [0.25, 0.3) is 0 Å². The van der Waals surface area contributed by atoms with Crippen molar-refractivity contribution in [2.45, 2.75) is 18.9 Å². The molecule has 4 rings (SSSR count). The maximum atomic E-state index is 13.3. The number of carboxylic acid groups (broad SMARTS) is 2. The lowest BCUT2D eigenvalue weighted by Gasteiger charge is -2.28. The number of carboxylic acids is 2. The molecule has 0 amide bonds. The Bertz CT molecular complexity index is 1600. The van der Waals surface area contributed by atoms with Gasteiger partial charge in [0.05, 0.1) is 27.6 Å². The van der Waals surface area contributed by atoms with Crippen molar-refractivity contribution in [3.63, 3.8) is 0 Å². The quantitative estimate of drug-likeness (QED) is 0.184. The van der Waals surface area contributed by atoms with Gasteiger partial charge < -0.3 is 29.6 Å². The van der Waals surface area contributed by atoms with E-state index in [1.54, 1.807) is 48.5 Å². The first-order chi connectivity index (χ1) is 18.4. The fourth-order valence-electron chi connectivity index (χ4n) is 4.84. The molecule has 202 valence electrons. The Morgan fingerprint density at radius 1 is 0.795 bits per heavy atom.